The predicted molar refractivity (Wildman–Crippen MR) is 128 cm³/mol. The van der Waals surface area contributed by atoms with Gasteiger partial charge in [-0.25, -0.2) is 4.79 Å². The summed E-state index contributed by atoms with van der Waals surface area (Å²) in [6.45, 7) is 0.0871. The van der Waals surface area contributed by atoms with Gasteiger partial charge in [0, 0.05) is 17.5 Å². The average Bonchev–Trinajstić information content (AvgIpc) is 3.62. The lowest BCUT2D eigenvalue weighted by Crippen LogP contribution is -2.29. The molecule has 0 saturated carbocycles. The molecule has 2 N–H and O–H groups in total. The van der Waals surface area contributed by atoms with E-state index in [1.54, 1.807) is 6.07 Å². The topological polar surface area (TPSA) is 159 Å². The Labute approximate surface area is 211 Å². The van der Waals surface area contributed by atoms with E-state index in [0.717, 1.165) is 21.2 Å². The van der Waals surface area contributed by atoms with Crippen LogP contribution in [0.15, 0.2) is 52.1 Å². The number of thiophene rings is 1. The first-order valence-corrected chi connectivity index (χ1v) is 11.5. The molecule has 4 aromatic rings. The number of anilines is 1. The zero-order valence-electron chi connectivity index (χ0n) is 18.6. The van der Waals surface area contributed by atoms with Crippen LogP contribution in [0.1, 0.15) is 32.0 Å². The van der Waals surface area contributed by atoms with Crippen LogP contribution in [0.25, 0.3) is 11.4 Å². The summed E-state index contributed by atoms with van der Waals surface area (Å²) in [6.07, 6.45) is 2.02. The number of carboxylic acid groups (broad SMARTS) is 1. The molecule has 4 aromatic heterocycles. The van der Waals surface area contributed by atoms with Gasteiger partial charge in [0.2, 0.25) is 0 Å². The molecule has 0 amide bonds. The lowest BCUT2D eigenvalue weighted by atomic mass is 10.2. The Balaban J connectivity index is 1.80. The number of halogens is 1. The van der Waals surface area contributed by atoms with E-state index in [9.17, 15) is 19.2 Å². The quantitative estimate of drug-likeness (QED) is 0.307. The third-order valence-corrected chi connectivity index (χ3v) is 6.28. The van der Waals surface area contributed by atoms with Crippen LogP contribution in [0.4, 0.5) is 5.82 Å². The molecule has 0 bridgehead atoms. The molecule has 4 rings (SSSR count). The highest BCUT2D eigenvalue weighted by molar-refractivity contribution is 7.16. The number of hydrogen-bond donors (Lipinski definition) is 2. The fourth-order valence-corrected chi connectivity index (χ4v) is 4.37. The largest absolute Gasteiger partial charge is 0.481 e. The van der Waals surface area contributed by atoms with E-state index in [2.05, 4.69) is 20.3 Å². The van der Waals surface area contributed by atoms with Crippen LogP contribution in [0.3, 0.4) is 0 Å². The van der Waals surface area contributed by atoms with Crippen molar-refractivity contribution in [3.8, 4) is 11.4 Å². The van der Waals surface area contributed by atoms with Crippen LogP contribution in [0, 0.1) is 0 Å². The molecule has 4 heterocycles. The molecule has 0 aliphatic carbocycles. The normalized spacial score (nSPS) is 10.8. The van der Waals surface area contributed by atoms with Crippen molar-refractivity contribution in [1.29, 1.82) is 0 Å². The zero-order chi connectivity index (χ0) is 25.8. The molecule has 0 fully saturated rings. The van der Waals surface area contributed by atoms with Crippen LogP contribution in [-0.4, -0.2) is 49.6 Å². The van der Waals surface area contributed by atoms with E-state index < -0.39 is 23.4 Å². The molecule has 0 aromatic carbocycles. The van der Waals surface area contributed by atoms with E-state index in [-0.39, 0.29) is 41.3 Å². The number of carbonyl (C=O) groups excluding carboxylic acids is 2. The monoisotopic (exact) mass is 531 g/mol. The van der Waals surface area contributed by atoms with Crippen molar-refractivity contribution in [3.63, 3.8) is 0 Å². The highest BCUT2D eigenvalue weighted by Crippen LogP contribution is 2.26. The first-order chi connectivity index (χ1) is 17.3. The summed E-state index contributed by atoms with van der Waals surface area (Å²) in [5.41, 5.74) is -0.489. The molecule has 36 heavy (non-hydrogen) atoms. The van der Waals surface area contributed by atoms with Gasteiger partial charge in [-0.1, -0.05) is 16.8 Å². The van der Waals surface area contributed by atoms with Crippen LogP contribution in [-0.2, 0) is 22.6 Å². The van der Waals surface area contributed by atoms with E-state index >= 15 is 0 Å². The predicted octanol–water partition coefficient (Wildman–Crippen LogP) is 2.98. The van der Waals surface area contributed by atoms with E-state index in [4.69, 9.17) is 21.2 Å². The van der Waals surface area contributed by atoms with Crippen LogP contribution in [0.5, 0.6) is 0 Å². The maximum atomic E-state index is 13.1. The van der Waals surface area contributed by atoms with Crippen molar-refractivity contribution in [3.05, 3.63) is 73.5 Å². The number of aliphatic carboxylic acids is 1. The second-order valence-corrected chi connectivity index (χ2v) is 9.13. The summed E-state index contributed by atoms with van der Waals surface area (Å²) in [5, 5.41) is 20.2. The first kappa shape index (κ1) is 24.9. The van der Waals surface area contributed by atoms with Crippen molar-refractivity contribution >= 4 is 46.6 Å². The van der Waals surface area contributed by atoms with E-state index in [1.807, 2.05) is 6.07 Å². The number of hydrogen-bond acceptors (Lipinski definition) is 10. The third kappa shape index (κ3) is 5.21. The van der Waals surface area contributed by atoms with E-state index in [0.29, 0.717) is 10.9 Å². The Morgan fingerprint density at radius 3 is 2.69 bits per heavy atom. The minimum Gasteiger partial charge on any atom is -0.481 e. The molecule has 0 aliphatic rings. The number of nitrogens with zero attached hydrogens (tertiary/aromatic N) is 4. The number of ether oxygens (including phenoxy) is 1. The maximum absolute atomic E-state index is 13.1. The second kappa shape index (κ2) is 10.6. The van der Waals surface area contributed by atoms with Gasteiger partial charge in [0.15, 0.2) is 0 Å². The van der Waals surface area contributed by atoms with Crippen LogP contribution < -0.4 is 10.9 Å². The van der Waals surface area contributed by atoms with Crippen LogP contribution >= 0.6 is 22.9 Å². The molecular formula is C22H18ClN5O7S. The third-order valence-electron chi connectivity index (χ3n) is 5.04. The van der Waals surface area contributed by atoms with Gasteiger partial charge in [0.1, 0.15) is 28.9 Å². The lowest BCUT2D eigenvalue weighted by molar-refractivity contribution is -0.137. The average molecular weight is 532 g/mol. The van der Waals surface area contributed by atoms with Crippen molar-refractivity contribution in [2.45, 2.75) is 19.5 Å². The molecule has 0 atom stereocenters. The van der Waals surface area contributed by atoms with Gasteiger partial charge in [0.05, 0.1) is 36.3 Å². The SMILES string of the molecule is COC(=O)c1ccc(-c2cc(NCc3ccc(Cl)s3)n(C(=O)c3cnoc3)n2)n(CCC(=O)O)c1=O. The number of esters is 1. The highest BCUT2D eigenvalue weighted by atomic mass is 35.5. The Hall–Kier alpha value is -4.23. The smallest absolute Gasteiger partial charge is 0.343 e. The highest BCUT2D eigenvalue weighted by Gasteiger charge is 2.22. The molecular weight excluding hydrogens is 514 g/mol. The zero-order valence-corrected chi connectivity index (χ0v) is 20.2. The van der Waals surface area contributed by atoms with Crippen molar-refractivity contribution < 1.29 is 28.8 Å². The van der Waals surface area contributed by atoms with Crippen LogP contribution in [0.2, 0.25) is 4.34 Å². The van der Waals surface area contributed by atoms with Crippen molar-refractivity contribution in [1.82, 2.24) is 19.5 Å². The molecule has 0 saturated heterocycles. The molecule has 14 heteroatoms. The summed E-state index contributed by atoms with van der Waals surface area (Å²) in [4.78, 5) is 50.2. The Morgan fingerprint density at radius 1 is 1.25 bits per heavy atom. The second-order valence-electron chi connectivity index (χ2n) is 7.33. The summed E-state index contributed by atoms with van der Waals surface area (Å²) in [6, 6.07) is 7.82. The number of pyridine rings is 1. The number of nitrogens with one attached hydrogen (secondary N) is 1. The van der Waals surface area contributed by atoms with Gasteiger partial charge in [-0.2, -0.15) is 9.78 Å². The number of rotatable bonds is 9. The van der Waals surface area contributed by atoms with Gasteiger partial charge in [-0.15, -0.1) is 11.3 Å². The lowest BCUT2D eigenvalue weighted by Gasteiger charge is -2.11. The molecule has 0 unspecified atom stereocenters. The van der Waals surface area contributed by atoms with Crippen molar-refractivity contribution in [2.75, 3.05) is 12.4 Å². The van der Waals surface area contributed by atoms with Gasteiger partial charge in [-0.05, 0) is 24.3 Å². The Morgan fingerprint density at radius 2 is 2.06 bits per heavy atom. The van der Waals surface area contributed by atoms with Gasteiger partial charge in [0.25, 0.3) is 11.5 Å². The Kier molecular flexibility index (Phi) is 7.31. The molecule has 0 aliphatic heterocycles. The molecule has 186 valence electrons. The van der Waals surface area contributed by atoms with Gasteiger partial charge < -0.3 is 24.3 Å². The summed E-state index contributed by atoms with van der Waals surface area (Å²) in [7, 11) is 1.13. The van der Waals surface area contributed by atoms with E-state index in [1.165, 1.54) is 42.0 Å². The minimum absolute atomic E-state index is 0.135. The number of methoxy groups -OCH3 is 1. The molecule has 0 spiro atoms. The number of carboxylic acids is 1. The number of aromatic nitrogens is 4. The fraction of sp³-hybridized carbons (Fsp3) is 0.182. The summed E-state index contributed by atoms with van der Waals surface area (Å²) in [5.74, 6) is -2.27. The van der Waals surface area contributed by atoms with Crippen molar-refractivity contribution in [2.24, 2.45) is 0 Å². The number of carbonyl (C=O) groups is 3. The molecule has 0 radical (unpaired) electrons. The standard InChI is InChI=1S/C22H18ClN5O7S/c1-34-22(33)14-3-4-16(27(21(14)32)7-6-19(29)30)15-8-18(24-10-13-2-5-17(23)36-13)28(26-15)20(31)12-9-25-35-11-12/h2-5,8-9,11,24H,6-7,10H2,1H3,(H,29,30). The summed E-state index contributed by atoms with van der Waals surface area (Å²) < 4.78 is 12.2. The van der Waals surface area contributed by atoms with Gasteiger partial charge in [-0.3, -0.25) is 14.4 Å². The first-order valence-electron chi connectivity index (χ1n) is 10.3. The summed E-state index contributed by atoms with van der Waals surface area (Å²) >= 11 is 7.36. The maximum Gasteiger partial charge on any atom is 0.343 e. The Bertz CT molecular complexity index is 1490. The fourth-order valence-electron chi connectivity index (χ4n) is 3.34. The molecule has 12 nitrogen and oxygen atoms in total. The minimum atomic E-state index is -1.14. The van der Waals surface area contributed by atoms with Gasteiger partial charge >= 0.3 is 11.9 Å².